The lowest BCUT2D eigenvalue weighted by Crippen LogP contribution is -2.34. The van der Waals surface area contributed by atoms with E-state index in [0.717, 1.165) is 32.6 Å². The number of carbonyl (C=O) groups is 1. The van der Waals surface area contributed by atoms with E-state index in [1.807, 2.05) is 25.1 Å². The molecule has 0 aromatic heterocycles. The number of carbonyl (C=O) groups excluding carboxylic acids is 1. The Morgan fingerprint density at radius 3 is 2.70 bits per heavy atom. The van der Waals surface area contributed by atoms with E-state index in [0.29, 0.717) is 6.42 Å². The average Bonchev–Trinajstić information content (AvgIpc) is 2.47. The molecule has 0 saturated heterocycles. The molecule has 4 heteroatoms. The highest BCUT2D eigenvalue weighted by molar-refractivity contribution is 5.69. The standard InChI is InChI=1S/C16H25NO3/c1-3-20-11-7-10-17-15(13-16(18)19-2)12-14-8-5-4-6-9-14/h4-6,8-9,15,17H,3,7,10-13H2,1-2H3. The number of methoxy groups -OCH3 is 1. The van der Waals surface area contributed by atoms with E-state index in [2.05, 4.69) is 17.4 Å². The van der Waals surface area contributed by atoms with E-state index in [-0.39, 0.29) is 12.0 Å². The van der Waals surface area contributed by atoms with Gasteiger partial charge in [0.1, 0.15) is 0 Å². The first-order valence-electron chi connectivity index (χ1n) is 7.18. The predicted molar refractivity (Wildman–Crippen MR) is 79.7 cm³/mol. The van der Waals surface area contributed by atoms with Gasteiger partial charge in [0, 0.05) is 19.3 Å². The second-order valence-electron chi connectivity index (χ2n) is 4.67. The molecule has 20 heavy (non-hydrogen) atoms. The van der Waals surface area contributed by atoms with E-state index in [1.165, 1.54) is 12.7 Å². The van der Waals surface area contributed by atoms with Crippen LogP contribution >= 0.6 is 0 Å². The van der Waals surface area contributed by atoms with Gasteiger partial charge >= 0.3 is 5.97 Å². The van der Waals surface area contributed by atoms with Crippen LogP contribution in [0.3, 0.4) is 0 Å². The number of ether oxygens (including phenoxy) is 2. The maximum atomic E-state index is 11.5. The molecule has 0 spiro atoms. The zero-order valence-electron chi connectivity index (χ0n) is 12.4. The Labute approximate surface area is 121 Å². The smallest absolute Gasteiger partial charge is 0.307 e. The van der Waals surface area contributed by atoms with Gasteiger partial charge in [0.2, 0.25) is 0 Å². The fraction of sp³-hybridized carbons (Fsp3) is 0.562. The van der Waals surface area contributed by atoms with Gasteiger partial charge in [-0.15, -0.1) is 0 Å². The highest BCUT2D eigenvalue weighted by Gasteiger charge is 2.14. The third-order valence-electron chi connectivity index (χ3n) is 3.07. The van der Waals surface area contributed by atoms with Crippen molar-refractivity contribution in [2.45, 2.75) is 32.2 Å². The van der Waals surface area contributed by atoms with Gasteiger partial charge in [-0.3, -0.25) is 4.79 Å². The number of benzene rings is 1. The Hall–Kier alpha value is -1.39. The van der Waals surface area contributed by atoms with Crippen molar-refractivity contribution in [3.63, 3.8) is 0 Å². The molecule has 1 N–H and O–H groups in total. The van der Waals surface area contributed by atoms with Crippen LogP contribution in [0.1, 0.15) is 25.3 Å². The zero-order chi connectivity index (χ0) is 14.6. The summed E-state index contributed by atoms with van der Waals surface area (Å²) >= 11 is 0. The fourth-order valence-corrected chi connectivity index (χ4v) is 2.02. The Balaban J connectivity index is 2.41. The van der Waals surface area contributed by atoms with Crippen LogP contribution in [0.5, 0.6) is 0 Å². The summed E-state index contributed by atoms with van der Waals surface area (Å²) in [4.78, 5) is 11.5. The average molecular weight is 279 g/mol. The minimum Gasteiger partial charge on any atom is -0.469 e. The summed E-state index contributed by atoms with van der Waals surface area (Å²) in [6.07, 6.45) is 2.16. The SMILES string of the molecule is CCOCCCNC(CC(=O)OC)Cc1ccccc1. The van der Waals surface area contributed by atoms with Gasteiger partial charge in [0.25, 0.3) is 0 Å². The summed E-state index contributed by atoms with van der Waals surface area (Å²) < 4.78 is 10.1. The van der Waals surface area contributed by atoms with Crippen molar-refractivity contribution in [1.29, 1.82) is 0 Å². The highest BCUT2D eigenvalue weighted by Crippen LogP contribution is 2.06. The number of hydrogen-bond acceptors (Lipinski definition) is 4. The molecule has 0 amide bonds. The Kier molecular flexibility index (Phi) is 8.67. The van der Waals surface area contributed by atoms with Crippen LogP contribution < -0.4 is 5.32 Å². The summed E-state index contributed by atoms with van der Waals surface area (Å²) in [5.74, 6) is -0.178. The van der Waals surface area contributed by atoms with E-state index < -0.39 is 0 Å². The van der Waals surface area contributed by atoms with Crippen molar-refractivity contribution in [3.8, 4) is 0 Å². The van der Waals surface area contributed by atoms with E-state index in [1.54, 1.807) is 0 Å². The van der Waals surface area contributed by atoms with Crippen LogP contribution in [-0.4, -0.2) is 38.9 Å². The fourth-order valence-electron chi connectivity index (χ4n) is 2.02. The van der Waals surface area contributed by atoms with Crippen molar-refractivity contribution in [2.75, 3.05) is 26.9 Å². The molecule has 1 aromatic rings. The van der Waals surface area contributed by atoms with Gasteiger partial charge in [-0.1, -0.05) is 30.3 Å². The first-order chi connectivity index (χ1) is 9.76. The van der Waals surface area contributed by atoms with Gasteiger partial charge in [-0.05, 0) is 31.9 Å². The van der Waals surface area contributed by atoms with E-state index in [9.17, 15) is 4.79 Å². The molecule has 112 valence electrons. The van der Waals surface area contributed by atoms with Crippen molar-refractivity contribution >= 4 is 5.97 Å². The van der Waals surface area contributed by atoms with E-state index >= 15 is 0 Å². The summed E-state index contributed by atoms with van der Waals surface area (Å²) in [5, 5.41) is 3.41. The van der Waals surface area contributed by atoms with Crippen LogP contribution in [0.2, 0.25) is 0 Å². The Morgan fingerprint density at radius 2 is 2.05 bits per heavy atom. The maximum absolute atomic E-state index is 11.5. The third-order valence-corrected chi connectivity index (χ3v) is 3.07. The largest absolute Gasteiger partial charge is 0.469 e. The van der Waals surface area contributed by atoms with Crippen LogP contribution in [0.4, 0.5) is 0 Å². The summed E-state index contributed by atoms with van der Waals surface area (Å²) in [6, 6.07) is 10.3. The third kappa shape index (κ3) is 7.26. The van der Waals surface area contributed by atoms with Gasteiger partial charge in [0.05, 0.1) is 13.5 Å². The summed E-state index contributed by atoms with van der Waals surface area (Å²) in [7, 11) is 1.43. The minimum atomic E-state index is -0.178. The molecule has 0 fully saturated rings. The second-order valence-corrected chi connectivity index (χ2v) is 4.67. The Morgan fingerprint density at radius 1 is 1.30 bits per heavy atom. The first-order valence-corrected chi connectivity index (χ1v) is 7.18. The molecule has 1 atom stereocenters. The molecule has 0 heterocycles. The predicted octanol–water partition coefficient (Wildman–Crippen LogP) is 2.18. The molecule has 0 bridgehead atoms. The van der Waals surface area contributed by atoms with Gasteiger partial charge in [-0.2, -0.15) is 0 Å². The van der Waals surface area contributed by atoms with Gasteiger partial charge in [0.15, 0.2) is 0 Å². The number of nitrogens with one attached hydrogen (secondary N) is 1. The molecular weight excluding hydrogens is 254 g/mol. The lowest BCUT2D eigenvalue weighted by Gasteiger charge is -2.18. The van der Waals surface area contributed by atoms with Crippen molar-refractivity contribution in [2.24, 2.45) is 0 Å². The molecule has 4 nitrogen and oxygen atoms in total. The number of rotatable bonds is 10. The molecule has 1 unspecified atom stereocenters. The lowest BCUT2D eigenvalue weighted by molar-refractivity contribution is -0.141. The molecule has 0 saturated carbocycles. The van der Waals surface area contributed by atoms with Crippen LogP contribution in [0, 0.1) is 0 Å². The maximum Gasteiger partial charge on any atom is 0.307 e. The topological polar surface area (TPSA) is 47.6 Å². The molecule has 0 aliphatic heterocycles. The number of hydrogen-bond donors (Lipinski definition) is 1. The van der Waals surface area contributed by atoms with Crippen molar-refractivity contribution < 1.29 is 14.3 Å². The van der Waals surface area contributed by atoms with Crippen LogP contribution in [-0.2, 0) is 20.7 Å². The van der Waals surface area contributed by atoms with Crippen LogP contribution in [0.25, 0.3) is 0 Å². The molecular formula is C16H25NO3. The molecule has 0 aliphatic rings. The normalized spacial score (nSPS) is 12.1. The number of esters is 1. The zero-order valence-corrected chi connectivity index (χ0v) is 12.4. The molecule has 1 rings (SSSR count). The molecule has 0 radical (unpaired) electrons. The monoisotopic (exact) mass is 279 g/mol. The molecule has 0 aliphatic carbocycles. The first kappa shape index (κ1) is 16.7. The lowest BCUT2D eigenvalue weighted by atomic mass is 10.0. The second kappa shape index (κ2) is 10.4. The minimum absolute atomic E-state index is 0.103. The Bertz CT molecular complexity index is 367. The van der Waals surface area contributed by atoms with Crippen molar-refractivity contribution in [3.05, 3.63) is 35.9 Å². The highest BCUT2D eigenvalue weighted by atomic mass is 16.5. The van der Waals surface area contributed by atoms with Gasteiger partial charge < -0.3 is 14.8 Å². The van der Waals surface area contributed by atoms with Crippen molar-refractivity contribution in [1.82, 2.24) is 5.32 Å². The van der Waals surface area contributed by atoms with Gasteiger partial charge in [-0.25, -0.2) is 0 Å². The molecule has 1 aromatic carbocycles. The van der Waals surface area contributed by atoms with E-state index in [4.69, 9.17) is 9.47 Å². The quantitative estimate of drug-likeness (QED) is 0.527. The summed E-state index contributed by atoms with van der Waals surface area (Å²) in [6.45, 7) is 4.33. The van der Waals surface area contributed by atoms with Crippen LogP contribution in [0.15, 0.2) is 30.3 Å². The summed E-state index contributed by atoms with van der Waals surface area (Å²) in [5.41, 5.74) is 1.22.